The van der Waals surface area contributed by atoms with Gasteiger partial charge in [0.2, 0.25) is 0 Å². The summed E-state index contributed by atoms with van der Waals surface area (Å²) >= 11 is 12.3. The fraction of sp³-hybridized carbons (Fsp3) is 0.143. The summed E-state index contributed by atoms with van der Waals surface area (Å²) < 4.78 is 28.6. The zero-order chi connectivity index (χ0) is 14.9. The van der Waals surface area contributed by atoms with Crippen LogP contribution in [0.5, 0.6) is 0 Å². The van der Waals surface area contributed by atoms with Crippen LogP contribution < -0.4 is 5.32 Å². The van der Waals surface area contributed by atoms with Crippen molar-refractivity contribution in [1.82, 2.24) is 5.32 Å². The summed E-state index contributed by atoms with van der Waals surface area (Å²) in [6.07, 6.45) is 0. The molecule has 0 saturated heterocycles. The SMILES string of the molecule is CNC(c1cc(F)c(Br)cc1F)c1ccc(Cl)cc1Br. The molecule has 0 fully saturated rings. The fourth-order valence-corrected chi connectivity index (χ4v) is 3.20. The van der Waals surface area contributed by atoms with Gasteiger partial charge in [-0.1, -0.05) is 33.6 Å². The van der Waals surface area contributed by atoms with Crippen LogP contribution in [0, 0.1) is 11.6 Å². The second-order valence-electron chi connectivity index (χ2n) is 4.18. The monoisotopic (exact) mass is 423 g/mol. The Morgan fingerprint density at radius 2 is 1.70 bits per heavy atom. The lowest BCUT2D eigenvalue weighted by molar-refractivity contribution is 0.554. The van der Waals surface area contributed by atoms with Crippen LogP contribution in [0.4, 0.5) is 8.78 Å². The third kappa shape index (κ3) is 3.22. The predicted octanol–water partition coefficient (Wildman–Crippen LogP) is 5.45. The zero-order valence-corrected chi connectivity index (χ0v) is 14.3. The van der Waals surface area contributed by atoms with E-state index in [4.69, 9.17) is 11.6 Å². The van der Waals surface area contributed by atoms with Crippen LogP contribution in [-0.4, -0.2) is 7.05 Å². The molecule has 106 valence electrons. The van der Waals surface area contributed by atoms with Crippen LogP contribution in [-0.2, 0) is 0 Å². The largest absolute Gasteiger partial charge is 0.309 e. The molecule has 1 nitrogen and oxygen atoms in total. The molecular weight excluding hydrogens is 415 g/mol. The van der Waals surface area contributed by atoms with E-state index in [-0.39, 0.29) is 10.0 Å². The minimum atomic E-state index is -0.508. The summed E-state index contributed by atoms with van der Waals surface area (Å²) in [5.41, 5.74) is 1.01. The van der Waals surface area contributed by atoms with Crippen molar-refractivity contribution in [3.8, 4) is 0 Å². The minimum Gasteiger partial charge on any atom is -0.309 e. The molecule has 0 aliphatic rings. The molecule has 2 rings (SSSR count). The van der Waals surface area contributed by atoms with E-state index < -0.39 is 17.7 Å². The molecule has 20 heavy (non-hydrogen) atoms. The fourth-order valence-electron chi connectivity index (χ4n) is 1.97. The van der Waals surface area contributed by atoms with Crippen molar-refractivity contribution in [2.24, 2.45) is 0 Å². The molecular formula is C14H10Br2ClF2N. The van der Waals surface area contributed by atoms with E-state index in [1.807, 2.05) is 0 Å². The van der Waals surface area contributed by atoms with Crippen LogP contribution in [0.2, 0.25) is 5.02 Å². The smallest absolute Gasteiger partial charge is 0.137 e. The van der Waals surface area contributed by atoms with E-state index >= 15 is 0 Å². The van der Waals surface area contributed by atoms with Crippen molar-refractivity contribution in [2.45, 2.75) is 6.04 Å². The van der Waals surface area contributed by atoms with Gasteiger partial charge in [0.1, 0.15) is 11.6 Å². The van der Waals surface area contributed by atoms with Crippen molar-refractivity contribution in [3.05, 3.63) is 67.1 Å². The summed E-state index contributed by atoms with van der Waals surface area (Å²) in [7, 11) is 1.69. The average molecular weight is 425 g/mol. The molecule has 2 aromatic rings. The van der Waals surface area contributed by atoms with Gasteiger partial charge in [0.05, 0.1) is 10.5 Å². The van der Waals surface area contributed by atoms with Gasteiger partial charge in [-0.3, -0.25) is 0 Å². The van der Waals surface area contributed by atoms with Gasteiger partial charge in [-0.2, -0.15) is 0 Å². The predicted molar refractivity (Wildman–Crippen MR) is 84.1 cm³/mol. The Hall–Kier alpha value is -0.490. The first-order valence-corrected chi connectivity index (χ1v) is 7.67. The molecule has 6 heteroatoms. The number of hydrogen-bond donors (Lipinski definition) is 1. The van der Waals surface area contributed by atoms with E-state index in [1.54, 1.807) is 25.2 Å². The first kappa shape index (κ1) is 15.9. The molecule has 0 aliphatic carbocycles. The standard InChI is InChI=1S/C14H10Br2ClF2N/c1-20-14(8-3-2-7(17)4-10(8)15)9-5-13(19)11(16)6-12(9)18/h2-6,14,20H,1H3. The van der Waals surface area contributed by atoms with Gasteiger partial charge in [-0.25, -0.2) is 8.78 Å². The van der Waals surface area contributed by atoms with Crippen LogP contribution in [0.15, 0.2) is 39.3 Å². The number of nitrogens with one attached hydrogen (secondary N) is 1. The molecule has 2 aromatic carbocycles. The third-order valence-electron chi connectivity index (χ3n) is 2.91. The molecule has 0 radical (unpaired) electrons. The molecule has 0 bridgehead atoms. The maximum atomic E-state index is 14.1. The lowest BCUT2D eigenvalue weighted by Crippen LogP contribution is -2.19. The van der Waals surface area contributed by atoms with E-state index in [0.29, 0.717) is 5.02 Å². The van der Waals surface area contributed by atoms with E-state index in [2.05, 4.69) is 37.2 Å². The molecule has 0 aliphatic heterocycles. The minimum absolute atomic E-state index is 0.101. The van der Waals surface area contributed by atoms with E-state index in [1.165, 1.54) is 6.07 Å². The molecule has 0 saturated carbocycles. The Morgan fingerprint density at radius 1 is 1.00 bits per heavy atom. The molecule has 1 unspecified atom stereocenters. The Balaban J connectivity index is 2.55. The van der Waals surface area contributed by atoms with Crippen LogP contribution in [0.3, 0.4) is 0 Å². The number of hydrogen-bond acceptors (Lipinski definition) is 1. The van der Waals surface area contributed by atoms with Gasteiger partial charge in [0, 0.05) is 15.1 Å². The summed E-state index contributed by atoms with van der Waals surface area (Å²) in [5.74, 6) is -0.994. The van der Waals surface area contributed by atoms with Crippen LogP contribution >= 0.6 is 43.5 Å². The number of halogens is 5. The normalized spacial score (nSPS) is 12.5. The van der Waals surface area contributed by atoms with Gasteiger partial charge >= 0.3 is 0 Å². The Labute approximate surface area is 137 Å². The third-order valence-corrected chi connectivity index (χ3v) is 4.44. The first-order chi connectivity index (χ1) is 9.43. The first-order valence-electron chi connectivity index (χ1n) is 5.70. The van der Waals surface area contributed by atoms with Crippen molar-refractivity contribution in [1.29, 1.82) is 0 Å². The lowest BCUT2D eigenvalue weighted by Gasteiger charge is -2.20. The zero-order valence-electron chi connectivity index (χ0n) is 10.4. The summed E-state index contributed by atoms with van der Waals surface area (Å²) in [6, 6.07) is 7.02. The van der Waals surface area contributed by atoms with Gasteiger partial charge < -0.3 is 5.32 Å². The molecule has 1 atom stereocenters. The lowest BCUT2D eigenvalue weighted by atomic mass is 9.98. The Bertz CT molecular complexity index is 649. The maximum Gasteiger partial charge on any atom is 0.137 e. The van der Waals surface area contributed by atoms with Gasteiger partial charge in [0.25, 0.3) is 0 Å². The van der Waals surface area contributed by atoms with Crippen LogP contribution in [0.25, 0.3) is 0 Å². The van der Waals surface area contributed by atoms with Crippen molar-refractivity contribution in [2.75, 3.05) is 7.05 Å². The second-order valence-corrected chi connectivity index (χ2v) is 6.32. The highest BCUT2D eigenvalue weighted by atomic mass is 79.9. The van der Waals surface area contributed by atoms with Gasteiger partial charge in [-0.05, 0) is 52.8 Å². The Morgan fingerprint density at radius 3 is 2.30 bits per heavy atom. The van der Waals surface area contributed by atoms with Gasteiger partial charge in [0.15, 0.2) is 0 Å². The van der Waals surface area contributed by atoms with Crippen molar-refractivity contribution < 1.29 is 8.78 Å². The summed E-state index contributed by atoms with van der Waals surface area (Å²) in [6.45, 7) is 0. The summed E-state index contributed by atoms with van der Waals surface area (Å²) in [5, 5.41) is 3.55. The van der Waals surface area contributed by atoms with E-state index in [9.17, 15) is 8.78 Å². The second kappa shape index (κ2) is 6.52. The van der Waals surface area contributed by atoms with Crippen molar-refractivity contribution in [3.63, 3.8) is 0 Å². The van der Waals surface area contributed by atoms with E-state index in [0.717, 1.165) is 16.1 Å². The van der Waals surface area contributed by atoms with Gasteiger partial charge in [-0.15, -0.1) is 0 Å². The highest BCUT2D eigenvalue weighted by Gasteiger charge is 2.20. The average Bonchev–Trinajstić information content (AvgIpc) is 2.38. The highest BCUT2D eigenvalue weighted by Crippen LogP contribution is 2.33. The summed E-state index contributed by atoms with van der Waals surface area (Å²) in [4.78, 5) is 0. The molecule has 0 amide bonds. The molecule has 1 N–H and O–H groups in total. The van der Waals surface area contributed by atoms with Crippen LogP contribution in [0.1, 0.15) is 17.2 Å². The topological polar surface area (TPSA) is 12.0 Å². The molecule has 0 aromatic heterocycles. The quantitative estimate of drug-likeness (QED) is 0.645. The number of benzene rings is 2. The van der Waals surface area contributed by atoms with Crippen molar-refractivity contribution >= 4 is 43.5 Å². The number of rotatable bonds is 3. The maximum absolute atomic E-state index is 14.1. The molecule has 0 heterocycles. The highest BCUT2D eigenvalue weighted by molar-refractivity contribution is 9.10. The Kier molecular flexibility index (Phi) is 5.18. The molecule has 0 spiro atoms.